The SMILES string of the molecule is Cc1ccccc1Oc1ccc(NC(=O)CCC(=O)OCC(=O)NNC(=O)c2ccccc2Cl)cc1. The molecule has 0 aromatic heterocycles. The molecule has 10 heteroatoms. The van der Waals surface area contributed by atoms with E-state index < -0.39 is 30.3 Å². The van der Waals surface area contributed by atoms with Crippen LogP contribution in [0.4, 0.5) is 5.69 Å². The molecule has 0 saturated heterocycles. The lowest BCUT2D eigenvalue weighted by atomic mass is 10.2. The molecular weight excluding hydrogens is 486 g/mol. The topological polar surface area (TPSA) is 123 Å². The molecule has 0 unspecified atom stereocenters. The number of hydrogen-bond donors (Lipinski definition) is 3. The van der Waals surface area contributed by atoms with E-state index >= 15 is 0 Å². The second-order valence-electron chi connectivity index (χ2n) is 7.58. The molecule has 3 rings (SSSR count). The van der Waals surface area contributed by atoms with Gasteiger partial charge in [0, 0.05) is 12.1 Å². The number of anilines is 1. The monoisotopic (exact) mass is 509 g/mol. The minimum absolute atomic E-state index is 0.134. The summed E-state index contributed by atoms with van der Waals surface area (Å²) in [6.45, 7) is 1.33. The van der Waals surface area contributed by atoms with E-state index in [1.807, 2.05) is 31.2 Å². The normalized spacial score (nSPS) is 10.2. The first-order chi connectivity index (χ1) is 17.3. The van der Waals surface area contributed by atoms with Crippen molar-refractivity contribution in [3.05, 3.63) is 88.9 Å². The standard InChI is InChI=1S/C26H24ClN3O6/c1-17-6-2-5-9-22(17)36-19-12-10-18(11-13-19)28-23(31)14-15-25(33)35-16-24(32)29-30-26(34)20-7-3-4-8-21(20)27/h2-13H,14-16H2,1H3,(H,28,31)(H,29,32)(H,30,34). The molecule has 0 aliphatic carbocycles. The molecular formula is C26H24ClN3O6. The minimum atomic E-state index is -0.749. The molecule has 3 aromatic carbocycles. The van der Waals surface area contributed by atoms with E-state index in [0.29, 0.717) is 11.4 Å². The van der Waals surface area contributed by atoms with Crippen molar-refractivity contribution >= 4 is 41.0 Å². The fraction of sp³-hybridized carbons (Fsp3) is 0.154. The molecule has 9 nitrogen and oxygen atoms in total. The van der Waals surface area contributed by atoms with E-state index in [1.165, 1.54) is 12.1 Å². The van der Waals surface area contributed by atoms with Crippen LogP contribution in [0.3, 0.4) is 0 Å². The smallest absolute Gasteiger partial charge is 0.306 e. The second-order valence-corrected chi connectivity index (χ2v) is 7.99. The third kappa shape index (κ3) is 8.14. The molecule has 0 fully saturated rings. The summed E-state index contributed by atoms with van der Waals surface area (Å²) in [6, 6.07) is 20.7. The molecule has 3 aromatic rings. The zero-order chi connectivity index (χ0) is 25.9. The van der Waals surface area contributed by atoms with Gasteiger partial charge in [0.25, 0.3) is 11.8 Å². The number of rotatable bonds is 9. The number of esters is 1. The molecule has 0 aliphatic rings. The number of benzene rings is 3. The molecule has 0 radical (unpaired) electrons. The highest BCUT2D eigenvalue weighted by Crippen LogP contribution is 2.25. The van der Waals surface area contributed by atoms with Crippen molar-refractivity contribution < 1.29 is 28.7 Å². The third-order valence-electron chi connectivity index (χ3n) is 4.81. The van der Waals surface area contributed by atoms with E-state index in [4.69, 9.17) is 21.1 Å². The van der Waals surface area contributed by atoms with Gasteiger partial charge in [-0.3, -0.25) is 30.0 Å². The van der Waals surface area contributed by atoms with Crippen LogP contribution in [0.25, 0.3) is 0 Å². The van der Waals surface area contributed by atoms with Crippen LogP contribution in [0.5, 0.6) is 11.5 Å². The fourth-order valence-corrected chi connectivity index (χ4v) is 3.16. The predicted octanol–water partition coefficient (Wildman–Crippen LogP) is 4.16. The van der Waals surface area contributed by atoms with Crippen molar-refractivity contribution in [3.63, 3.8) is 0 Å². The van der Waals surface area contributed by atoms with E-state index in [1.54, 1.807) is 36.4 Å². The van der Waals surface area contributed by atoms with Crippen molar-refractivity contribution in [3.8, 4) is 11.5 Å². The Morgan fingerprint density at radius 1 is 0.806 bits per heavy atom. The lowest BCUT2D eigenvalue weighted by Gasteiger charge is -2.10. The molecule has 36 heavy (non-hydrogen) atoms. The number of nitrogens with one attached hydrogen (secondary N) is 3. The van der Waals surface area contributed by atoms with Crippen molar-refractivity contribution in [1.82, 2.24) is 10.9 Å². The number of ether oxygens (including phenoxy) is 2. The summed E-state index contributed by atoms with van der Waals surface area (Å²) in [6.07, 6.45) is -0.356. The van der Waals surface area contributed by atoms with Crippen LogP contribution in [-0.4, -0.2) is 30.3 Å². The van der Waals surface area contributed by atoms with Gasteiger partial charge in [-0.2, -0.15) is 0 Å². The van der Waals surface area contributed by atoms with Crippen LogP contribution in [0.1, 0.15) is 28.8 Å². The number of carbonyl (C=O) groups excluding carboxylic acids is 4. The number of amides is 3. The summed E-state index contributed by atoms with van der Waals surface area (Å²) in [5.41, 5.74) is 6.01. The van der Waals surface area contributed by atoms with Gasteiger partial charge in [0.2, 0.25) is 5.91 Å². The Kier molecular flexibility index (Phi) is 9.41. The molecule has 186 valence electrons. The van der Waals surface area contributed by atoms with Crippen LogP contribution < -0.4 is 20.9 Å². The quantitative estimate of drug-likeness (QED) is 0.294. The average Bonchev–Trinajstić information content (AvgIpc) is 2.87. The van der Waals surface area contributed by atoms with Gasteiger partial charge in [-0.25, -0.2) is 0 Å². The summed E-state index contributed by atoms with van der Waals surface area (Å²) in [5, 5.41) is 2.90. The second kappa shape index (κ2) is 12.9. The molecule has 0 spiro atoms. The zero-order valence-electron chi connectivity index (χ0n) is 19.4. The predicted molar refractivity (Wildman–Crippen MR) is 134 cm³/mol. The maximum Gasteiger partial charge on any atom is 0.306 e. The van der Waals surface area contributed by atoms with Crippen LogP contribution in [0, 0.1) is 6.92 Å². The highest BCUT2D eigenvalue weighted by Gasteiger charge is 2.13. The summed E-state index contributed by atoms with van der Waals surface area (Å²) < 4.78 is 10.6. The molecule has 0 bridgehead atoms. The average molecular weight is 510 g/mol. The first-order valence-corrected chi connectivity index (χ1v) is 11.3. The molecule has 0 atom stereocenters. The van der Waals surface area contributed by atoms with Crippen molar-refractivity contribution in [2.75, 3.05) is 11.9 Å². The first-order valence-electron chi connectivity index (χ1n) is 10.9. The van der Waals surface area contributed by atoms with E-state index in [9.17, 15) is 19.2 Å². The Bertz CT molecular complexity index is 1250. The highest BCUT2D eigenvalue weighted by molar-refractivity contribution is 6.33. The lowest BCUT2D eigenvalue weighted by molar-refractivity contribution is -0.149. The van der Waals surface area contributed by atoms with Crippen molar-refractivity contribution in [2.45, 2.75) is 19.8 Å². The third-order valence-corrected chi connectivity index (χ3v) is 5.14. The summed E-state index contributed by atoms with van der Waals surface area (Å²) >= 11 is 5.91. The van der Waals surface area contributed by atoms with Gasteiger partial charge in [-0.15, -0.1) is 0 Å². The maximum atomic E-state index is 12.1. The Morgan fingerprint density at radius 3 is 2.22 bits per heavy atom. The Morgan fingerprint density at radius 2 is 1.50 bits per heavy atom. The lowest BCUT2D eigenvalue weighted by Crippen LogP contribution is -2.43. The Balaban J connectivity index is 1.34. The number of aryl methyl sites for hydroxylation is 1. The van der Waals surface area contributed by atoms with Gasteiger partial charge in [-0.05, 0) is 55.0 Å². The van der Waals surface area contributed by atoms with Crippen molar-refractivity contribution in [1.29, 1.82) is 0 Å². The van der Waals surface area contributed by atoms with Gasteiger partial charge in [0.05, 0.1) is 17.0 Å². The maximum absolute atomic E-state index is 12.1. The summed E-state index contributed by atoms with van der Waals surface area (Å²) in [4.78, 5) is 47.7. The molecule has 3 amide bonds. The van der Waals surface area contributed by atoms with Gasteiger partial charge in [0.1, 0.15) is 11.5 Å². The van der Waals surface area contributed by atoms with Gasteiger partial charge in [0.15, 0.2) is 6.61 Å². The number of hydrazine groups is 1. The Labute approximate surface area is 212 Å². The Hall–Kier alpha value is -4.37. The van der Waals surface area contributed by atoms with Crippen LogP contribution in [0.2, 0.25) is 5.02 Å². The highest BCUT2D eigenvalue weighted by atomic mass is 35.5. The molecule has 0 aliphatic heterocycles. The number of halogens is 1. The van der Waals surface area contributed by atoms with Crippen LogP contribution in [-0.2, 0) is 19.1 Å². The van der Waals surface area contributed by atoms with E-state index in [0.717, 1.165) is 11.3 Å². The summed E-state index contributed by atoms with van der Waals surface area (Å²) in [7, 11) is 0. The van der Waals surface area contributed by atoms with Crippen molar-refractivity contribution in [2.24, 2.45) is 0 Å². The molecule has 0 saturated carbocycles. The number of para-hydroxylation sites is 1. The van der Waals surface area contributed by atoms with Gasteiger partial charge in [-0.1, -0.05) is 41.9 Å². The van der Waals surface area contributed by atoms with Crippen LogP contribution >= 0.6 is 11.6 Å². The first kappa shape index (κ1) is 26.2. The largest absolute Gasteiger partial charge is 0.457 e. The fourth-order valence-electron chi connectivity index (χ4n) is 2.94. The van der Waals surface area contributed by atoms with Crippen LogP contribution in [0.15, 0.2) is 72.8 Å². The zero-order valence-corrected chi connectivity index (χ0v) is 20.1. The van der Waals surface area contributed by atoms with Gasteiger partial charge < -0.3 is 14.8 Å². The van der Waals surface area contributed by atoms with Gasteiger partial charge >= 0.3 is 5.97 Å². The molecule has 0 heterocycles. The minimum Gasteiger partial charge on any atom is -0.457 e. The number of carbonyl (C=O) groups is 4. The summed E-state index contributed by atoms with van der Waals surface area (Å²) in [5.74, 6) is -1.14. The van der Waals surface area contributed by atoms with E-state index in [2.05, 4.69) is 16.2 Å². The molecule has 3 N–H and O–H groups in total. The number of hydrogen-bond acceptors (Lipinski definition) is 6. The van der Waals surface area contributed by atoms with E-state index in [-0.39, 0.29) is 23.4 Å².